The second-order valence-electron chi connectivity index (χ2n) is 9.51. The molecular formula is C24H43NO3. The molecule has 0 aromatic heterocycles. The molecule has 4 heteroatoms. The number of allylic oxidation sites excluding steroid dienone is 1. The maximum Gasteiger partial charge on any atom is 0.221 e. The summed E-state index contributed by atoms with van der Waals surface area (Å²) >= 11 is 0. The third-order valence-electron chi connectivity index (χ3n) is 7.35. The van der Waals surface area contributed by atoms with Gasteiger partial charge in [-0.1, -0.05) is 52.5 Å². The SMILES string of the molecule is CCC(C)CC(C)OC1CC2CCCCC2=C(CC(C(N)=O)C(C)CC)C1O. The highest BCUT2D eigenvalue weighted by atomic mass is 16.5. The topological polar surface area (TPSA) is 72.5 Å². The Bertz CT molecular complexity index is 544. The van der Waals surface area contributed by atoms with Crippen molar-refractivity contribution in [3.8, 4) is 0 Å². The number of hydrogen-bond acceptors (Lipinski definition) is 3. The van der Waals surface area contributed by atoms with Gasteiger partial charge in [0.25, 0.3) is 0 Å². The van der Waals surface area contributed by atoms with Gasteiger partial charge in [-0.05, 0) is 68.8 Å². The summed E-state index contributed by atoms with van der Waals surface area (Å²) in [6, 6.07) is 0. The van der Waals surface area contributed by atoms with E-state index in [4.69, 9.17) is 10.5 Å². The van der Waals surface area contributed by atoms with Gasteiger partial charge in [0, 0.05) is 5.92 Å². The highest BCUT2D eigenvalue weighted by molar-refractivity contribution is 5.77. The fourth-order valence-corrected chi connectivity index (χ4v) is 5.16. The summed E-state index contributed by atoms with van der Waals surface area (Å²) in [7, 11) is 0. The van der Waals surface area contributed by atoms with E-state index in [9.17, 15) is 9.90 Å². The molecule has 3 N–H and O–H groups in total. The molecular weight excluding hydrogens is 350 g/mol. The van der Waals surface area contributed by atoms with Gasteiger partial charge in [-0.2, -0.15) is 0 Å². The summed E-state index contributed by atoms with van der Waals surface area (Å²) in [5.74, 6) is 0.903. The minimum absolute atomic E-state index is 0.141. The van der Waals surface area contributed by atoms with Crippen LogP contribution in [0.1, 0.15) is 92.4 Å². The number of aliphatic hydroxyl groups excluding tert-OH is 1. The highest BCUT2D eigenvalue weighted by Crippen LogP contribution is 2.44. The van der Waals surface area contributed by atoms with Crippen LogP contribution in [0.25, 0.3) is 0 Å². The molecule has 0 aliphatic heterocycles. The van der Waals surface area contributed by atoms with E-state index in [1.807, 2.05) is 0 Å². The molecule has 1 fully saturated rings. The first-order valence-electron chi connectivity index (χ1n) is 11.6. The lowest BCUT2D eigenvalue weighted by Crippen LogP contribution is -2.42. The van der Waals surface area contributed by atoms with E-state index >= 15 is 0 Å². The Labute approximate surface area is 172 Å². The van der Waals surface area contributed by atoms with E-state index in [1.54, 1.807) is 0 Å². The molecule has 4 nitrogen and oxygen atoms in total. The minimum atomic E-state index is -0.602. The number of amides is 1. The van der Waals surface area contributed by atoms with Crippen LogP contribution >= 0.6 is 0 Å². The lowest BCUT2D eigenvalue weighted by molar-refractivity contribution is -0.123. The Morgan fingerprint density at radius 2 is 1.93 bits per heavy atom. The van der Waals surface area contributed by atoms with Crippen LogP contribution in [0.2, 0.25) is 0 Å². The smallest absolute Gasteiger partial charge is 0.221 e. The number of hydrogen-bond donors (Lipinski definition) is 2. The standard InChI is InChI=1S/C24H43NO3/c1-6-15(3)12-17(5)28-22-13-18-10-8-9-11-19(18)21(23(22)26)14-20(24(25)27)16(4)7-2/h15-18,20,22-23,26H,6-14H2,1-5H3,(H2,25,27). The first kappa shape index (κ1) is 23.4. The predicted octanol–water partition coefficient (Wildman–Crippen LogP) is 4.99. The van der Waals surface area contributed by atoms with E-state index in [0.29, 0.717) is 18.3 Å². The number of ether oxygens (including phenoxy) is 1. The molecule has 2 aliphatic rings. The fourth-order valence-electron chi connectivity index (χ4n) is 5.16. The fraction of sp³-hybridized carbons (Fsp3) is 0.875. The molecule has 1 saturated carbocycles. The van der Waals surface area contributed by atoms with Crippen LogP contribution in [0.3, 0.4) is 0 Å². The third-order valence-corrected chi connectivity index (χ3v) is 7.35. The summed E-state index contributed by atoms with van der Waals surface area (Å²) in [6.45, 7) is 10.8. The van der Waals surface area contributed by atoms with Gasteiger partial charge < -0.3 is 15.6 Å². The molecule has 2 aliphatic carbocycles. The van der Waals surface area contributed by atoms with Crippen molar-refractivity contribution in [1.29, 1.82) is 0 Å². The zero-order valence-electron chi connectivity index (χ0n) is 18.7. The molecule has 0 heterocycles. The van der Waals surface area contributed by atoms with Gasteiger partial charge in [-0.3, -0.25) is 4.79 Å². The van der Waals surface area contributed by atoms with Crippen LogP contribution in [0, 0.1) is 23.7 Å². The molecule has 162 valence electrons. The number of carbonyl (C=O) groups excluding carboxylic acids is 1. The monoisotopic (exact) mass is 393 g/mol. The summed E-state index contributed by atoms with van der Waals surface area (Å²) < 4.78 is 6.38. The van der Waals surface area contributed by atoms with Crippen molar-refractivity contribution < 1.29 is 14.6 Å². The van der Waals surface area contributed by atoms with Crippen LogP contribution < -0.4 is 5.73 Å². The quantitative estimate of drug-likeness (QED) is 0.514. The second-order valence-corrected chi connectivity index (χ2v) is 9.51. The lowest BCUT2D eigenvalue weighted by atomic mass is 9.69. The van der Waals surface area contributed by atoms with Crippen molar-refractivity contribution in [2.75, 3.05) is 0 Å². The van der Waals surface area contributed by atoms with E-state index in [2.05, 4.69) is 34.6 Å². The summed E-state index contributed by atoms with van der Waals surface area (Å²) in [4.78, 5) is 12.1. The zero-order valence-corrected chi connectivity index (χ0v) is 18.7. The van der Waals surface area contributed by atoms with Crippen LogP contribution in [0.4, 0.5) is 0 Å². The number of aliphatic hydroxyl groups is 1. The maximum absolute atomic E-state index is 12.1. The molecule has 0 spiro atoms. The van der Waals surface area contributed by atoms with E-state index in [0.717, 1.165) is 37.7 Å². The lowest BCUT2D eigenvalue weighted by Gasteiger charge is -2.42. The zero-order chi connectivity index (χ0) is 20.8. The van der Waals surface area contributed by atoms with Crippen LogP contribution in [-0.2, 0) is 9.53 Å². The van der Waals surface area contributed by atoms with Crippen molar-refractivity contribution in [2.45, 2.75) is 111 Å². The Morgan fingerprint density at radius 3 is 2.54 bits per heavy atom. The van der Waals surface area contributed by atoms with Gasteiger partial charge >= 0.3 is 0 Å². The van der Waals surface area contributed by atoms with Crippen molar-refractivity contribution in [3.05, 3.63) is 11.1 Å². The molecule has 1 amide bonds. The molecule has 0 bridgehead atoms. The predicted molar refractivity (Wildman–Crippen MR) is 115 cm³/mol. The molecule has 0 aromatic carbocycles. The minimum Gasteiger partial charge on any atom is -0.386 e. The highest BCUT2D eigenvalue weighted by Gasteiger charge is 2.39. The van der Waals surface area contributed by atoms with Crippen molar-refractivity contribution >= 4 is 5.91 Å². The van der Waals surface area contributed by atoms with Gasteiger partial charge in [-0.25, -0.2) is 0 Å². The van der Waals surface area contributed by atoms with E-state index < -0.39 is 6.10 Å². The second kappa shape index (κ2) is 10.8. The average molecular weight is 394 g/mol. The molecule has 2 rings (SSSR count). The Kier molecular flexibility index (Phi) is 9.01. The summed E-state index contributed by atoms with van der Waals surface area (Å²) in [5.41, 5.74) is 8.23. The van der Waals surface area contributed by atoms with Crippen LogP contribution in [-0.4, -0.2) is 29.3 Å². The van der Waals surface area contributed by atoms with Crippen molar-refractivity contribution in [1.82, 2.24) is 0 Å². The number of fused-ring (bicyclic) bond motifs is 1. The number of nitrogens with two attached hydrogens (primary N) is 1. The Hall–Kier alpha value is -0.870. The largest absolute Gasteiger partial charge is 0.386 e. The van der Waals surface area contributed by atoms with Gasteiger partial charge in [0.15, 0.2) is 0 Å². The first-order chi connectivity index (χ1) is 13.3. The average Bonchev–Trinajstić information content (AvgIpc) is 2.67. The first-order valence-corrected chi connectivity index (χ1v) is 11.6. The van der Waals surface area contributed by atoms with Gasteiger partial charge in [0.05, 0.1) is 12.2 Å². The van der Waals surface area contributed by atoms with Crippen molar-refractivity contribution in [2.24, 2.45) is 29.4 Å². The molecule has 7 unspecified atom stereocenters. The van der Waals surface area contributed by atoms with Gasteiger partial charge in [-0.15, -0.1) is 0 Å². The number of rotatable bonds is 10. The molecule has 7 atom stereocenters. The molecule has 28 heavy (non-hydrogen) atoms. The van der Waals surface area contributed by atoms with Crippen LogP contribution in [0.15, 0.2) is 11.1 Å². The summed E-state index contributed by atoms with van der Waals surface area (Å²) in [6.07, 6.45) is 8.63. The normalized spacial score (nSPS) is 29.7. The summed E-state index contributed by atoms with van der Waals surface area (Å²) in [5, 5.41) is 11.3. The maximum atomic E-state index is 12.1. The van der Waals surface area contributed by atoms with Gasteiger partial charge in [0.1, 0.15) is 6.10 Å². The molecule has 0 saturated heterocycles. The van der Waals surface area contributed by atoms with E-state index in [1.165, 1.54) is 24.8 Å². The molecule has 0 radical (unpaired) electrons. The van der Waals surface area contributed by atoms with Crippen molar-refractivity contribution in [3.63, 3.8) is 0 Å². The third kappa shape index (κ3) is 5.82. The van der Waals surface area contributed by atoms with E-state index in [-0.39, 0.29) is 30.0 Å². The number of primary amides is 1. The molecule has 0 aromatic rings. The van der Waals surface area contributed by atoms with Gasteiger partial charge in [0.2, 0.25) is 5.91 Å². The Balaban J connectivity index is 2.21. The Morgan fingerprint density at radius 1 is 1.21 bits per heavy atom. The van der Waals surface area contributed by atoms with Crippen LogP contribution in [0.5, 0.6) is 0 Å². The number of carbonyl (C=O) groups is 1.